The number of H-pyrrole nitrogens is 1. The summed E-state index contributed by atoms with van der Waals surface area (Å²) >= 11 is 0. The molecule has 1 aromatic rings. The molecular formula is C15H18N2O4. The summed E-state index contributed by atoms with van der Waals surface area (Å²) in [6, 6.07) is 1.64. The Hall–Kier alpha value is -2.11. The number of hydrogen-bond acceptors (Lipinski definition) is 4. The van der Waals surface area contributed by atoms with Crippen LogP contribution in [0.25, 0.3) is 0 Å². The van der Waals surface area contributed by atoms with E-state index in [1.54, 1.807) is 4.90 Å². The number of aromatic amines is 1. The quantitative estimate of drug-likeness (QED) is 0.773. The highest BCUT2D eigenvalue weighted by atomic mass is 16.5. The Bertz CT molecular complexity index is 637. The molecule has 1 aromatic heterocycles. The number of amides is 1. The van der Waals surface area contributed by atoms with Crippen molar-refractivity contribution < 1.29 is 14.3 Å². The molecule has 21 heavy (non-hydrogen) atoms. The maximum absolute atomic E-state index is 12.7. The fourth-order valence-corrected chi connectivity index (χ4v) is 3.33. The number of nitrogens with one attached hydrogen (secondary N) is 1. The van der Waals surface area contributed by atoms with Crippen LogP contribution in [-0.2, 0) is 16.0 Å². The Morgan fingerprint density at radius 3 is 2.90 bits per heavy atom. The third-order valence-corrected chi connectivity index (χ3v) is 4.49. The molecule has 0 aliphatic carbocycles. The molecule has 6 heteroatoms. The summed E-state index contributed by atoms with van der Waals surface area (Å²) < 4.78 is 4.80. The Morgan fingerprint density at radius 1 is 1.33 bits per heavy atom. The lowest BCUT2D eigenvalue weighted by molar-refractivity contribution is -0.147. The molecule has 1 saturated heterocycles. The average Bonchev–Trinajstić information content (AvgIpc) is 2.63. The van der Waals surface area contributed by atoms with E-state index >= 15 is 0 Å². The SMILES string of the molecule is COC(=O)[C@@H]1CC[C@H]2CCc3cc(=O)[nH]cc3C(=O)N2C1. The number of carbonyl (C=O) groups is 2. The minimum atomic E-state index is -0.257. The number of ether oxygens (including phenoxy) is 1. The van der Waals surface area contributed by atoms with Gasteiger partial charge in [0, 0.05) is 24.8 Å². The van der Waals surface area contributed by atoms with Crippen molar-refractivity contribution in [3.05, 3.63) is 33.7 Å². The van der Waals surface area contributed by atoms with E-state index in [1.165, 1.54) is 19.4 Å². The van der Waals surface area contributed by atoms with Crippen LogP contribution < -0.4 is 5.56 Å². The number of rotatable bonds is 1. The number of aryl methyl sites for hydroxylation is 1. The number of piperidine rings is 1. The molecule has 1 N–H and O–H groups in total. The zero-order valence-corrected chi connectivity index (χ0v) is 11.9. The molecule has 1 amide bonds. The van der Waals surface area contributed by atoms with Gasteiger partial charge in [-0.15, -0.1) is 0 Å². The van der Waals surface area contributed by atoms with E-state index in [1.807, 2.05) is 0 Å². The van der Waals surface area contributed by atoms with Crippen LogP contribution in [0.2, 0.25) is 0 Å². The lowest BCUT2D eigenvalue weighted by Gasteiger charge is -2.37. The molecular weight excluding hydrogens is 272 g/mol. The minimum absolute atomic E-state index is 0.0997. The average molecular weight is 290 g/mol. The summed E-state index contributed by atoms with van der Waals surface area (Å²) in [6.45, 7) is 0.398. The summed E-state index contributed by atoms with van der Waals surface area (Å²) in [5.41, 5.74) is 1.16. The van der Waals surface area contributed by atoms with Crippen LogP contribution in [0.3, 0.4) is 0 Å². The molecule has 0 aromatic carbocycles. The van der Waals surface area contributed by atoms with E-state index in [4.69, 9.17) is 4.74 Å². The second-order valence-electron chi connectivity index (χ2n) is 5.68. The lowest BCUT2D eigenvalue weighted by atomic mass is 9.91. The van der Waals surface area contributed by atoms with Crippen molar-refractivity contribution in [2.75, 3.05) is 13.7 Å². The summed E-state index contributed by atoms with van der Waals surface area (Å²) in [5.74, 6) is -0.607. The standard InChI is InChI=1S/C15H18N2O4/c1-21-15(20)10-3-5-11-4-2-9-6-13(18)16-7-12(9)14(19)17(11)8-10/h6-7,10-11H,2-5,8H2,1H3,(H,16,18)/t10-,11-/m1/s1. The molecule has 112 valence electrons. The van der Waals surface area contributed by atoms with Crippen LogP contribution >= 0.6 is 0 Å². The van der Waals surface area contributed by atoms with Gasteiger partial charge in [-0.25, -0.2) is 0 Å². The first-order chi connectivity index (χ1) is 10.1. The molecule has 0 spiro atoms. The van der Waals surface area contributed by atoms with Gasteiger partial charge in [-0.3, -0.25) is 14.4 Å². The summed E-state index contributed by atoms with van der Waals surface area (Å²) in [6.07, 6.45) is 4.58. The molecule has 2 aliphatic heterocycles. The molecule has 1 fully saturated rings. The Labute approximate surface area is 122 Å². The Balaban J connectivity index is 1.91. The van der Waals surface area contributed by atoms with E-state index in [9.17, 15) is 14.4 Å². The van der Waals surface area contributed by atoms with E-state index in [0.29, 0.717) is 12.1 Å². The maximum Gasteiger partial charge on any atom is 0.310 e. The number of esters is 1. The smallest absolute Gasteiger partial charge is 0.310 e. The van der Waals surface area contributed by atoms with Crippen molar-refractivity contribution in [1.82, 2.24) is 9.88 Å². The number of hydrogen-bond donors (Lipinski definition) is 1. The van der Waals surface area contributed by atoms with E-state index in [-0.39, 0.29) is 29.4 Å². The molecule has 0 radical (unpaired) electrons. The predicted octanol–water partition coefficient (Wildman–Crippen LogP) is 0.715. The van der Waals surface area contributed by atoms with Gasteiger partial charge in [0.05, 0.1) is 18.6 Å². The van der Waals surface area contributed by atoms with Crippen LogP contribution in [0.5, 0.6) is 0 Å². The van der Waals surface area contributed by atoms with Gasteiger partial charge in [-0.1, -0.05) is 0 Å². The van der Waals surface area contributed by atoms with E-state index < -0.39 is 0 Å². The molecule has 2 aliphatic rings. The van der Waals surface area contributed by atoms with Gasteiger partial charge in [0.2, 0.25) is 5.56 Å². The van der Waals surface area contributed by atoms with Gasteiger partial charge in [-0.2, -0.15) is 0 Å². The van der Waals surface area contributed by atoms with Crippen molar-refractivity contribution in [3.8, 4) is 0 Å². The van der Waals surface area contributed by atoms with Gasteiger partial charge in [-0.05, 0) is 31.2 Å². The predicted molar refractivity (Wildman–Crippen MR) is 74.9 cm³/mol. The molecule has 6 nitrogen and oxygen atoms in total. The fraction of sp³-hybridized carbons (Fsp3) is 0.533. The first kappa shape index (κ1) is 13.9. The summed E-state index contributed by atoms with van der Waals surface area (Å²) in [5, 5.41) is 0. The molecule has 3 rings (SSSR count). The zero-order chi connectivity index (χ0) is 15.0. The zero-order valence-electron chi connectivity index (χ0n) is 11.9. The number of fused-ring (bicyclic) bond motifs is 2. The molecule has 0 saturated carbocycles. The highest BCUT2D eigenvalue weighted by molar-refractivity contribution is 5.96. The Morgan fingerprint density at radius 2 is 2.14 bits per heavy atom. The van der Waals surface area contributed by atoms with Crippen LogP contribution in [0, 0.1) is 5.92 Å². The monoisotopic (exact) mass is 290 g/mol. The molecule has 3 heterocycles. The van der Waals surface area contributed by atoms with E-state index in [0.717, 1.165) is 31.2 Å². The number of pyridine rings is 1. The third kappa shape index (κ3) is 2.46. The molecule has 0 bridgehead atoms. The fourth-order valence-electron chi connectivity index (χ4n) is 3.33. The molecule has 2 atom stereocenters. The van der Waals surface area contributed by atoms with Crippen molar-refractivity contribution >= 4 is 11.9 Å². The number of carbonyl (C=O) groups excluding carboxylic acids is 2. The first-order valence-corrected chi connectivity index (χ1v) is 7.20. The lowest BCUT2D eigenvalue weighted by Crippen LogP contribution is -2.48. The largest absolute Gasteiger partial charge is 0.469 e. The second-order valence-corrected chi connectivity index (χ2v) is 5.68. The summed E-state index contributed by atoms with van der Waals surface area (Å²) in [7, 11) is 1.37. The molecule has 0 unspecified atom stereocenters. The van der Waals surface area contributed by atoms with Crippen LogP contribution in [0.15, 0.2) is 17.1 Å². The normalized spacial score (nSPS) is 24.8. The maximum atomic E-state index is 12.7. The van der Waals surface area contributed by atoms with Gasteiger partial charge in [0.15, 0.2) is 0 Å². The van der Waals surface area contributed by atoms with Crippen LogP contribution in [-0.4, -0.2) is 41.5 Å². The number of aromatic nitrogens is 1. The Kier molecular flexibility index (Phi) is 3.53. The topological polar surface area (TPSA) is 79.5 Å². The van der Waals surface area contributed by atoms with Crippen molar-refractivity contribution in [2.24, 2.45) is 5.92 Å². The van der Waals surface area contributed by atoms with Gasteiger partial charge in [0.1, 0.15) is 0 Å². The van der Waals surface area contributed by atoms with Gasteiger partial charge >= 0.3 is 5.97 Å². The van der Waals surface area contributed by atoms with Crippen molar-refractivity contribution in [1.29, 1.82) is 0 Å². The third-order valence-electron chi connectivity index (χ3n) is 4.49. The highest BCUT2D eigenvalue weighted by Gasteiger charge is 2.37. The number of nitrogens with zero attached hydrogens (tertiary/aromatic N) is 1. The number of methoxy groups -OCH3 is 1. The van der Waals surface area contributed by atoms with Crippen LogP contribution in [0.1, 0.15) is 35.2 Å². The highest BCUT2D eigenvalue weighted by Crippen LogP contribution is 2.30. The van der Waals surface area contributed by atoms with Crippen molar-refractivity contribution in [3.63, 3.8) is 0 Å². The second kappa shape index (κ2) is 5.35. The first-order valence-electron chi connectivity index (χ1n) is 7.20. The van der Waals surface area contributed by atoms with E-state index in [2.05, 4.69) is 4.98 Å². The van der Waals surface area contributed by atoms with Gasteiger partial charge < -0.3 is 14.6 Å². The van der Waals surface area contributed by atoms with Gasteiger partial charge in [0.25, 0.3) is 5.91 Å². The van der Waals surface area contributed by atoms with Crippen molar-refractivity contribution in [2.45, 2.75) is 31.7 Å². The van der Waals surface area contributed by atoms with Crippen LogP contribution in [0.4, 0.5) is 0 Å². The summed E-state index contributed by atoms with van der Waals surface area (Å²) in [4.78, 5) is 40.2. The minimum Gasteiger partial charge on any atom is -0.469 e.